The van der Waals surface area contributed by atoms with Crippen molar-refractivity contribution in [2.45, 2.75) is 18.9 Å². The van der Waals surface area contributed by atoms with Crippen LogP contribution in [0.5, 0.6) is 5.75 Å². The van der Waals surface area contributed by atoms with Gasteiger partial charge in [0, 0.05) is 37.4 Å². The monoisotopic (exact) mass is 327 g/mol. The lowest BCUT2D eigenvalue weighted by molar-refractivity contribution is -0.0300. The van der Waals surface area contributed by atoms with Crippen LogP contribution in [0.2, 0.25) is 0 Å². The zero-order valence-corrected chi connectivity index (χ0v) is 14.1. The van der Waals surface area contributed by atoms with Crippen molar-refractivity contribution in [3.05, 3.63) is 53.9 Å². The average Bonchev–Trinajstić information content (AvgIpc) is 3.16. The lowest BCUT2D eigenvalue weighted by Crippen LogP contribution is -2.32. The Bertz CT molecular complexity index is 640. The summed E-state index contributed by atoms with van der Waals surface area (Å²) < 4.78 is 11.3. The molecule has 0 saturated carbocycles. The largest absolute Gasteiger partial charge is 0.496 e. The number of benzene rings is 1. The van der Waals surface area contributed by atoms with Crippen molar-refractivity contribution < 1.29 is 9.47 Å². The molecule has 1 saturated heterocycles. The van der Waals surface area contributed by atoms with Gasteiger partial charge in [-0.2, -0.15) is 5.10 Å². The summed E-state index contributed by atoms with van der Waals surface area (Å²) in [5.41, 5.74) is 2.17. The van der Waals surface area contributed by atoms with Gasteiger partial charge in [-0.05, 0) is 25.0 Å². The maximum absolute atomic E-state index is 5.95. The molecule has 128 valence electrons. The van der Waals surface area contributed by atoms with Gasteiger partial charge in [0.2, 0.25) is 0 Å². The fourth-order valence-corrected chi connectivity index (χ4v) is 3.16. The fourth-order valence-electron chi connectivity index (χ4n) is 3.16. The van der Waals surface area contributed by atoms with Gasteiger partial charge in [0.1, 0.15) is 11.9 Å². The van der Waals surface area contributed by atoms with E-state index in [2.05, 4.69) is 33.7 Å². The van der Waals surface area contributed by atoms with Gasteiger partial charge in [-0.15, -0.1) is 0 Å². The Balaban J connectivity index is 1.49. The first-order valence-electron chi connectivity index (χ1n) is 8.49. The third-order valence-corrected chi connectivity index (χ3v) is 4.38. The SMILES string of the molecule is COc1ccccc1C=CCNC[C@@H]1CCCO[C@H]1c1ccn[nH]1. The molecule has 1 aromatic carbocycles. The summed E-state index contributed by atoms with van der Waals surface area (Å²) in [6.45, 7) is 2.58. The van der Waals surface area contributed by atoms with Crippen molar-refractivity contribution >= 4 is 6.08 Å². The minimum absolute atomic E-state index is 0.118. The zero-order valence-electron chi connectivity index (χ0n) is 14.1. The zero-order chi connectivity index (χ0) is 16.6. The summed E-state index contributed by atoms with van der Waals surface area (Å²) in [5, 5.41) is 10.6. The van der Waals surface area contributed by atoms with Crippen molar-refractivity contribution in [2.24, 2.45) is 5.92 Å². The molecule has 0 amide bonds. The predicted molar refractivity (Wildman–Crippen MR) is 94.9 cm³/mol. The second-order valence-corrected chi connectivity index (χ2v) is 6.01. The number of H-pyrrole nitrogens is 1. The number of aromatic amines is 1. The highest BCUT2D eigenvalue weighted by Gasteiger charge is 2.27. The summed E-state index contributed by atoms with van der Waals surface area (Å²) in [7, 11) is 1.70. The van der Waals surface area contributed by atoms with E-state index in [-0.39, 0.29) is 6.10 Å². The van der Waals surface area contributed by atoms with E-state index in [0.717, 1.165) is 43.1 Å². The molecule has 2 N–H and O–H groups in total. The number of nitrogens with one attached hydrogen (secondary N) is 2. The molecule has 24 heavy (non-hydrogen) atoms. The maximum atomic E-state index is 5.95. The number of hydrogen-bond acceptors (Lipinski definition) is 4. The van der Waals surface area contributed by atoms with Crippen LogP contribution in [-0.2, 0) is 4.74 Å². The van der Waals surface area contributed by atoms with Gasteiger partial charge in [0.05, 0.1) is 12.8 Å². The second kappa shape index (κ2) is 8.66. The molecule has 1 aromatic heterocycles. The number of methoxy groups -OCH3 is 1. The second-order valence-electron chi connectivity index (χ2n) is 6.01. The first-order chi connectivity index (χ1) is 11.9. The fraction of sp³-hybridized carbons (Fsp3) is 0.421. The molecular formula is C19H25N3O2. The van der Waals surface area contributed by atoms with Crippen molar-refractivity contribution in [3.8, 4) is 5.75 Å². The standard InChI is InChI=1S/C19H25N3O2/c1-23-18-9-3-2-6-15(18)7-4-11-20-14-16-8-5-13-24-19(16)17-10-12-21-22-17/h2-4,6-7,9-10,12,16,19-20H,5,8,11,13-14H2,1H3,(H,21,22)/t16-,19+/m0/s1. The predicted octanol–water partition coefficient (Wildman–Crippen LogP) is 3.19. The first kappa shape index (κ1) is 16.7. The van der Waals surface area contributed by atoms with Crippen LogP contribution >= 0.6 is 0 Å². The summed E-state index contributed by atoms with van der Waals surface area (Å²) in [6.07, 6.45) is 8.42. The lowest BCUT2D eigenvalue weighted by atomic mass is 9.92. The summed E-state index contributed by atoms with van der Waals surface area (Å²) >= 11 is 0. The molecule has 5 heteroatoms. The minimum Gasteiger partial charge on any atom is -0.496 e. The average molecular weight is 327 g/mol. The van der Waals surface area contributed by atoms with E-state index in [0.29, 0.717) is 5.92 Å². The Labute approximate surface area is 143 Å². The molecule has 5 nitrogen and oxygen atoms in total. The van der Waals surface area contributed by atoms with Gasteiger partial charge in [-0.1, -0.05) is 30.4 Å². The lowest BCUT2D eigenvalue weighted by Gasteiger charge is -2.31. The normalized spacial score (nSPS) is 21.2. The van der Waals surface area contributed by atoms with Crippen LogP contribution in [0.1, 0.15) is 30.2 Å². The molecule has 0 bridgehead atoms. The van der Waals surface area contributed by atoms with E-state index in [1.54, 1.807) is 13.3 Å². The summed E-state index contributed by atoms with van der Waals surface area (Å²) in [4.78, 5) is 0. The van der Waals surface area contributed by atoms with Crippen LogP contribution in [0.25, 0.3) is 6.08 Å². The van der Waals surface area contributed by atoms with Gasteiger partial charge in [0.15, 0.2) is 0 Å². The van der Waals surface area contributed by atoms with E-state index >= 15 is 0 Å². The molecule has 3 rings (SSSR count). The Morgan fingerprint density at radius 3 is 3.12 bits per heavy atom. The Morgan fingerprint density at radius 2 is 2.29 bits per heavy atom. The molecule has 2 heterocycles. The molecule has 1 aliphatic heterocycles. The summed E-state index contributed by atoms with van der Waals surface area (Å²) in [5.74, 6) is 1.37. The topological polar surface area (TPSA) is 59.2 Å². The van der Waals surface area contributed by atoms with Gasteiger partial charge in [-0.25, -0.2) is 0 Å². The molecule has 0 aliphatic carbocycles. The van der Waals surface area contributed by atoms with Crippen LogP contribution in [0, 0.1) is 5.92 Å². The van der Waals surface area contributed by atoms with E-state index in [4.69, 9.17) is 9.47 Å². The first-order valence-corrected chi connectivity index (χ1v) is 8.49. The minimum atomic E-state index is 0.118. The highest BCUT2D eigenvalue weighted by atomic mass is 16.5. The number of para-hydroxylation sites is 1. The van der Waals surface area contributed by atoms with E-state index < -0.39 is 0 Å². The Morgan fingerprint density at radius 1 is 1.38 bits per heavy atom. The van der Waals surface area contributed by atoms with Crippen molar-refractivity contribution in [2.75, 3.05) is 26.8 Å². The Hall–Kier alpha value is -2.11. The quantitative estimate of drug-likeness (QED) is 0.767. The molecule has 1 fully saturated rings. The highest BCUT2D eigenvalue weighted by molar-refractivity contribution is 5.57. The smallest absolute Gasteiger partial charge is 0.126 e. The van der Waals surface area contributed by atoms with Crippen LogP contribution in [0.3, 0.4) is 0 Å². The van der Waals surface area contributed by atoms with Crippen molar-refractivity contribution in [1.29, 1.82) is 0 Å². The van der Waals surface area contributed by atoms with Crippen LogP contribution in [0.15, 0.2) is 42.6 Å². The van der Waals surface area contributed by atoms with E-state index in [1.807, 2.05) is 24.3 Å². The number of ether oxygens (including phenoxy) is 2. The maximum Gasteiger partial charge on any atom is 0.126 e. The van der Waals surface area contributed by atoms with Crippen LogP contribution in [-0.4, -0.2) is 37.0 Å². The summed E-state index contributed by atoms with van der Waals surface area (Å²) in [6, 6.07) is 10.0. The van der Waals surface area contributed by atoms with Crippen LogP contribution < -0.4 is 10.1 Å². The van der Waals surface area contributed by atoms with Gasteiger partial charge < -0.3 is 14.8 Å². The van der Waals surface area contributed by atoms with E-state index in [9.17, 15) is 0 Å². The number of nitrogens with zero attached hydrogens (tertiary/aromatic N) is 1. The molecule has 2 aromatic rings. The molecule has 2 atom stereocenters. The molecule has 1 aliphatic rings. The third kappa shape index (κ3) is 4.24. The molecular weight excluding hydrogens is 302 g/mol. The number of aromatic nitrogens is 2. The highest BCUT2D eigenvalue weighted by Crippen LogP contribution is 2.31. The third-order valence-electron chi connectivity index (χ3n) is 4.38. The molecule has 0 spiro atoms. The van der Waals surface area contributed by atoms with Crippen molar-refractivity contribution in [1.82, 2.24) is 15.5 Å². The number of rotatable bonds is 7. The molecule has 0 radical (unpaired) electrons. The van der Waals surface area contributed by atoms with Crippen molar-refractivity contribution in [3.63, 3.8) is 0 Å². The van der Waals surface area contributed by atoms with Gasteiger partial charge >= 0.3 is 0 Å². The Kier molecular flexibility index (Phi) is 6.04. The molecule has 0 unspecified atom stereocenters. The van der Waals surface area contributed by atoms with E-state index in [1.165, 1.54) is 6.42 Å². The number of hydrogen-bond donors (Lipinski definition) is 2. The van der Waals surface area contributed by atoms with Gasteiger partial charge in [-0.3, -0.25) is 5.10 Å². The van der Waals surface area contributed by atoms with Gasteiger partial charge in [0.25, 0.3) is 0 Å². The van der Waals surface area contributed by atoms with Crippen LogP contribution in [0.4, 0.5) is 0 Å².